The van der Waals surface area contributed by atoms with Crippen LogP contribution in [-0.4, -0.2) is 40.9 Å². The Labute approximate surface area is 172 Å². The average molecular weight is 405 g/mol. The topological polar surface area (TPSA) is 77.9 Å². The highest BCUT2D eigenvalue weighted by Crippen LogP contribution is 2.32. The Kier molecular flexibility index (Phi) is 4.68. The summed E-state index contributed by atoms with van der Waals surface area (Å²) in [6.07, 6.45) is 5.44. The Morgan fingerprint density at radius 1 is 1.03 bits per heavy atom. The number of halogens is 1. The lowest BCUT2D eigenvalue weighted by atomic mass is 10.1. The third kappa shape index (κ3) is 3.53. The number of pyridine rings is 2. The van der Waals surface area contributed by atoms with Gasteiger partial charge in [0, 0.05) is 42.7 Å². The molecule has 1 aliphatic heterocycles. The van der Waals surface area contributed by atoms with E-state index in [1.54, 1.807) is 16.8 Å². The maximum atomic E-state index is 13.8. The fraction of sp³-hybridized carbons (Fsp3) is 0.182. The number of hydrogen-bond donors (Lipinski definition) is 1. The van der Waals surface area contributed by atoms with Crippen molar-refractivity contribution in [3.05, 3.63) is 66.9 Å². The lowest BCUT2D eigenvalue weighted by Crippen LogP contribution is -2.36. The van der Waals surface area contributed by atoms with Crippen LogP contribution in [0.4, 0.5) is 15.9 Å². The molecule has 5 rings (SSSR count). The number of anilines is 2. The molecule has 0 bridgehead atoms. The van der Waals surface area contributed by atoms with Crippen LogP contribution in [0, 0.1) is 5.82 Å². The number of nitrogens with zero attached hydrogens (tertiary/aromatic N) is 4. The maximum absolute atomic E-state index is 13.8. The van der Waals surface area contributed by atoms with E-state index in [2.05, 4.69) is 15.0 Å². The first-order valence-electron chi connectivity index (χ1n) is 9.67. The third-order valence-electron chi connectivity index (χ3n) is 5.09. The van der Waals surface area contributed by atoms with Crippen LogP contribution in [0.3, 0.4) is 0 Å². The molecule has 152 valence electrons. The number of fused-ring (bicyclic) bond motifs is 1. The van der Waals surface area contributed by atoms with Gasteiger partial charge in [-0.2, -0.15) is 5.10 Å². The van der Waals surface area contributed by atoms with Crippen molar-refractivity contribution >= 4 is 17.0 Å². The molecule has 0 spiro atoms. The first-order chi connectivity index (χ1) is 14.7. The monoisotopic (exact) mass is 405 g/mol. The van der Waals surface area contributed by atoms with E-state index in [-0.39, 0.29) is 5.69 Å². The van der Waals surface area contributed by atoms with Gasteiger partial charge in [0.1, 0.15) is 22.9 Å². The van der Waals surface area contributed by atoms with E-state index in [0.717, 1.165) is 35.6 Å². The highest BCUT2D eigenvalue weighted by molar-refractivity contribution is 5.71. The van der Waals surface area contributed by atoms with Gasteiger partial charge in [0.15, 0.2) is 5.75 Å². The molecule has 8 heteroatoms. The Morgan fingerprint density at radius 2 is 1.90 bits per heavy atom. The van der Waals surface area contributed by atoms with Crippen molar-refractivity contribution in [1.82, 2.24) is 14.6 Å². The molecular formula is C22H20FN5O2. The SMILES string of the molecule is Nc1ccc(Oc2cc(-c3ccc(N4CCOCC4)nc3)cn3nccc23)cc1F. The molecule has 3 aromatic heterocycles. The quantitative estimate of drug-likeness (QED) is 0.521. The Balaban J connectivity index is 1.48. The van der Waals surface area contributed by atoms with Gasteiger partial charge >= 0.3 is 0 Å². The van der Waals surface area contributed by atoms with E-state index in [9.17, 15) is 4.39 Å². The minimum Gasteiger partial charge on any atom is -0.455 e. The van der Waals surface area contributed by atoms with Crippen molar-refractivity contribution in [2.24, 2.45) is 0 Å². The zero-order chi connectivity index (χ0) is 20.5. The van der Waals surface area contributed by atoms with Crippen LogP contribution < -0.4 is 15.4 Å². The van der Waals surface area contributed by atoms with Crippen LogP contribution in [0.1, 0.15) is 0 Å². The Morgan fingerprint density at radius 3 is 2.67 bits per heavy atom. The third-order valence-corrected chi connectivity index (χ3v) is 5.09. The summed E-state index contributed by atoms with van der Waals surface area (Å²) in [7, 11) is 0. The second-order valence-corrected chi connectivity index (χ2v) is 7.04. The lowest BCUT2D eigenvalue weighted by molar-refractivity contribution is 0.122. The van der Waals surface area contributed by atoms with Gasteiger partial charge in [-0.25, -0.2) is 13.9 Å². The molecule has 1 saturated heterocycles. The summed E-state index contributed by atoms with van der Waals surface area (Å²) in [5.74, 6) is 1.33. The Hall–Kier alpha value is -3.65. The summed E-state index contributed by atoms with van der Waals surface area (Å²) >= 11 is 0. The van der Waals surface area contributed by atoms with E-state index < -0.39 is 5.82 Å². The van der Waals surface area contributed by atoms with Gasteiger partial charge in [0.05, 0.1) is 25.1 Å². The lowest BCUT2D eigenvalue weighted by Gasteiger charge is -2.27. The van der Waals surface area contributed by atoms with E-state index in [4.69, 9.17) is 15.2 Å². The minimum atomic E-state index is -0.518. The Bertz CT molecular complexity index is 1190. The fourth-order valence-corrected chi connectivity index (χ4v) is 3.47. The molecule has 0 aliphatic carbocycles. The predicted octanol–water partition coefficient (Wildman–Crippen LogP) is 3.75. The van der Waals surface area contributed by atoms with Gasteiger partial charge in [-0.05, 0) is 36.4 Å². The van der Waals surface area contributed by atoms with Crippen molar-refractivity contribution < 1.29 is 13.9 Å². The number of morpholine rings is 1. The van der Waals surface area contributed by atoms with Gasteiger partial charge in [-0.1, -0.05) is 0 Å². The summed E-state index contributed by atoms with van der Waals surface area (Å²) in [5, 5.41) is 4.33. The molecule has 0 atom stereocenters. The first-order valence-corrected chi connectivity index (χ1v) is 9.67. The van der Waals surface area contributed by atoms with Crippen LogP contribution >= 0.6 is 0 Å². The number of benzene rings is 1. The van der Waals surface area contributed by atoms with Gasteiger partial charge in [0.25, 0.3) is 0 Å². The predicted molar refractivity (Wildman–Crippen MR) is 112 cm³/mol. The molecule has 2 N–H and O–H groups in total. The molecular weight excluding hydrogens is 385 g/mol. The number of rotatable bonds is 4. The van der Waals surface area contributed by atoms with Gasteiger partial charge in [-0.15, -0.1) is 0 Å². The van der Waals surface area contributed by atoms with Gasteiger partial charge < -0.3 is 20.1 Å². The minimum absolute atomic E-state index is 0.0806. The molecule has 0 radical (unpaired) electrons. The van der Waals surface area contributed by atoms with Crippen molar-refractivity contribution in [3.8, 4) is 22.6 Å². The van der Waals surface area contributed by atoms with Gasteiger partial charge in [-0.3, -0.25) is 0 Å². The van der Waals surface area contributed by atoms with E-state index in [0.29, 0.717) is 24.7 Å². The van der Waals surface area contributed by atoms with E-state index >= 15 is 0 Å². The summed E-state index contributed by atoms with van der Waals surface area (Å²) in [4.78, 5) is 6.82. The second kappa shape index (κ2) is 7.64. The molecule has 4 aromatic rings. The van der Waals surface area contributed by atoms with Crippen LogP contribution in [0.2, 0.25) is 0 Å². The molecule has 0 amide bonds. The van der Waals surface area contributed by atoms with Crippen molar-refractivity contribution in [2.75, 3.05) is 36.9 Å². The highest BCUT2D eigenvalue weighted by Gasteiger charge is 2.14. The molecule has 0 unspecified atom stereocenters. The normalized spacial score (nSPS) is 14.2. The van der Waals surface area contributed by atoms with Crippen molar-refractivity contribution in [3.63, 3.8) is 0 Å². The number of nitrogen functional groups attached to an aromatic ring is 1. The molecule has 1 aliphatic rings. The summed E-state index contributed by atoms with van der Waals surface area (Å²) in [6.45, 7) is 3.10. The smallest absolute Gasteiger partial charge is 0.153 e. The summed E-state index contributed by atoms with van der Waals surface area (Å²) in [6, 6.07) is 12.2. The molecule has 4 heterocycles. The maximum Gasteiger partial charge on any atom is 0.153 e. The fourth-order valence-electron chi connectivity index (χ4n) is 3.47. The number of nitrogens with two attached hydrogens (primary N) is 1. The molecule has 1 aromatic carbocycles. The summed E-state index contributed by atoms with van der Waals surface area (Å²) in [5.41, 5.74) is 8.23. The van der Waals surface area contributed by atoms with Crippen LogP contribution in [-0.2, 0) is 4.74 Å². The largest absolute Gasteiger partial charge is 0.455 e. The zero-order valence-corrected chi connectivity index (χ0v) is 16.2. The van der Waals surface area contributed by atoms with Crippen LogP contribution in [0.15, 0.2) is 61.1 Å². The van der Waals surface area contributed by atoms with E-state index in [1.807, 2.05) is 36.7 Å². The van der Waals surface area contributed by atoms with Crippen LogP contribution in [0.5, 0.6) is 11.5 Å². The highest BCUT2D eigenvalue weighted by atomic mass is 19.1. The number of ether oxygens (including phenoxy) is 2. The second-order valence-electron chi connectivity index (χ2n) is 7.04. The number of hydrogen-bond acceptors (Lipinski definition) is 6. The average Bonchev–Trinajstić information content (AvgIpc) is 3.26. The molecule has 7 nitrogen and oxygen atoms in total. The molecule has 0 saturated carbocycles. The van der Waals surface area contributed by atoms with Crippen molar-refractivity contribution in [1.29, 1.82) is 0 Å². The van der Waals surface area contributed by atoms with Crippen molar-refractivity contribution in [2.45, 2.75) is 0 Å². The standard InChI is InChI=1S/C22H20FN5O2/c23-18-12-17(2-3-19(18)24)30-21-11-16(14-28-20(21)5-6-26-28)15-1-4-22(25-13-15)27-7-9-29-10-8-27/h1-6,11-14H,7-10,24H2. The molecule has 1 fully saturated rings. The molecule has 30 heavy (non-hydrogen) atoms. The summed E-state index contributed by atoms with van der Waals surface area (Å²) < 4.78 is 26.9. The zero-order valence-electron chi connectivity index (χ0n) is 16.2. The number of aromatic nitrogens is 3. The van der Waals surface area contributed by atoms with Gasteiger partial charge in [0.2, 0.25) is 0 Å². The van der Waals surface area contributed by atoms with E-state index in [1.165, 1.54) is 12.1 Å². The first kappa shape index (κ1) is 18.4. The van der Waals surface area contributed by atoms with Crippen LogP contribution in [0.25, 0.3) is 16.6 Å².